The second kappa shape index (κ2) is 25.2. The number of nitrogens with two attached hydrogens (primary N) is 1. The van der Waals surface area contributed by atoms with Gasteiger partial charge in [0.05, 0.1) is 23.4 Å². The normalized spacial score (nSPS) is 10.6. The van der Waals surface area contributed by atoms with Gasteiger partial charge in [-0.3, -0.25) is 9.59 Å². The zero-order valence-corrected chi connectivity index (χ0v) is 27.1. The molecule has 1 aliphatic carbocycles. The fraction of sp³-hybridized carbons (Fsp3) is 0.600. The van der Waals surface area contributed by atoms with E-state index in [1.165, 1.54) is 63.9 Å². The van der Waals surface area contributed by atoms with Crippen molar-refractivity contribution < 1.29 is 19.4 Å². The molecule has 2 aromatic carbocycles. The van der Waals surface area contributed by atoms with Crippen LogP contribution in [0.25, 0.3) is 0 Å². The van der Waals surface area contributed by atoms with Crippen molar-refractivity contribution in [1.82, 2.24) is 0 Å². The zero-order chi connectivity index (χ0) is 30.9. The molecule has 0 atom stereocenters. The number of hydrogen-bond acceptors (Lipinski definition) is 5. The molecule has 3 rings (SSSR count). The first-order valence-electron chi connectivity index (χ1n) is 15.8. The predicted octanol–water partition coefficient (Wildman–Crippen LogP) is 10.5. The number of nitrogen functional groups attached to an aromatic ring is 1. The lowest BCUT2D eigenvalue weighted by Gasteiger charge is -2.21. The van der Waals surface area contributed by atoms with E-state index in [0.717, 1.165) is 12.8 Å². The molecule has 0 saturated heterocycles. The Balaban J connectivity index is 0. The minimum Gasteiger partial charge on any atom is -0.507 e. The van der Waals surface area contributed by atoms with Crippen molar-refractivity contribution in [3.8, 4) is 11.5 Å². The van der Waals surface area contributed by atoms with Gasteiger partial charge in [0.25, 0.3) is 0 Å². The number of ketones is 2. The lowest BCUT2D eigenvalue weighted by atomic mass is 9.82. The summed E-state index contributed by atoms with van der Waals surface area (Å²) in [6, 6.07) is 7.92. The minimum atomic E-state index is -0.394. The third kappa shape index (κ3) is 13.5. The molecule has 0 aromatic heterocycles. The molecular formula is C35H59NO4. The number of anilines is 1. The Morgan fingerprint density at radius 1 is 0.675 bits per heavy atom. The largest absolute Gasteiger partial charge is 0.507 e. The lowest BCUT2D eigenvalue weighted by molar-refractivity contribution is 0.0977. The Morgan fingerprint density at radius 3 is 1.52 bits per heavy atom. The van der Waals surface area contributed by atoms with Crippen molar-refractivity contribution in [3.05, 3.63) is 52.6 Å². The monoisotopic (exact) mass is 557 g/mol. The summed E-state index contributed by atoms with van der Waals surface area (Å²) in [5.41, 5.74) is 6.89. The maximum Gasteiger partial charge on any atom is 0.198 e. The van der Waals surface area contributed by atoms with Gasteiger partial charge in [-0.05, 0) is 6.42 Å². The van der Waals surface area contributed by atoms with E-state index in [4.69, 9.17) is 10.5 Å². The smallest absolute Gasteiger partial charge is 0.198 e. The summed E-state index contributed by atoms with van der Waals surface area (Å²) in [5, 5.41) is 10.4. The van der Waals surface area contributed by atoms with Crippen molar-refractivity contribution in [3.63, 3.8) is 0 Å². The standard InChI is InChI=1S/C24H29NO4.3C3H8.C2H6/c1-2-3-4-5-6-7-8-11-14-29-19-15-18(26)20-21(22(19)25)24(28)17-13-10-9-12-16(17)23(20)27;3*1-3-2;1-2/h9-10,12-13,15,26H,2-8,11,14,25H2,1H3;3*3H2,1-2H3;1-2H3. The Hall–Kier alpha value is -2.82. The Morgan fingerprint density at radius 2 is 1.07 bits per heavy atom. The van der Waals surface area contributed by atoms with Gasteiger partial charge in [0.2, 0.25) is 0 Å². The SMILES string of the molecule is CC.CCC.CCC.CCC.CCCCCCCCCCOc1cc(O)c2c(c1N)C(=O)c1ccccc1C2=O. The summed E-state index contributed by atoms with van der Waals surface area (Å²) >= 11 is 0. The van der Waals surface area contributed by atoms with Crippen LogP contribution in [-0.4, -0.2) is 23.3 Å². The highest BCUT2D eigenvalue weighted by Crippen LogP contribution is 2.41. The molecule has 0 radical (unpaired) electrons. The number of fused-ring (bicyclic) bond motifs is 2. The first-order valence-corrected chi connectivity index (χ1v) is 15.8. The van der Waals surface area contributed by atoms with Crippen molar-refractivity contribution in [2.45, 2.75) is 133 Å². The van der Waals surface area contributed by atoms with E-state index in [2.05, 4.69) is 48.5 Å². The quantitative estimate of drug-likeness (QED) is 0.147. The molecule has 0 aliphatic heterocycles. The molecule has 5 heteroatoms. The van der Waals surface area contributed by atoms with Crippen LogP contribution in [0.2, 0.25) is 0 Å². The molecule has 1 aliphatic rings. The molecule has 5 nitrogen and oxygen atoms in total. The number of phenolic OH excluding ortho intramolecular Hbond substituents is 1. The summed E-state index contributed by atoms with van der Waals surface area (Å²) in [6.45, 7) is 19.4. The summed E-state index contributed by atoms with van der Waals surface area (Å²) in [5.74, 6) is -0.771. The van der Waals surface area contributed by atoms with Crippen molar-refractivity contribution >= 4 is 17.3 Å². The third-order valence-electron chi connectivity index (χ3n) is 5.43. The van der Waals surface area contributed by atoms with Crippen molar-refractivity contribution in [1.29, 1.82) is 0 Å². The molecule has 2 aromatic rings. The fourth-order valence-electron chi connectivity index (χ4n) is 3.81. The van der Waals surface area contributed by atoms with E-state index < -0.39 is 5.78 Å². The highest BCUT2D eigenvalue weighted by molar-refractivity contribution is 6.31. The van der Waals surface area contributed by atoms with E-state index in [1.807, 2.05) is 13.8 Å². The Kier molecular flexibility index (Phi) is 24.7. The Bertz CT molecular complexity index is 948. The van der Waals surface area contributed by atoms with Gasteiger partial charge in [-0.1, -0.05) is 151 Å². The zero-order valence-electron chi connectivity index (χ0n) is 27.1. The van der Waals surface area contributed by atoms with Gasteiger partial charge in [-0.2, -0.15) is 0 Å². The second-order valence-corrected chi connectivity index (χ2v) is 9.71. The molecule has 0 saturated carbocycles. The Labute approximate surface area is 245 Å². The second-order valence-electron chi connectivity index (χ2n) is 9.71. The average Bonchev–Trinajstić information content (AvgIpc) is 2.95. The van der Waals surface area contributed by atoms with Gasteiger partial charge < -0.3 is 15.6 Å². The van der Waals surface area contributed by atoms with Gasteiger partial charge in [-0.25, -0.2) is 0 Å². The highest BCUT2D eigenvalue weighted by atomic mass is 16.5. The van der Waals surface area contributed by atoms with E-state index in [1.54, 1.807) is 24.3 Å². The molecule has 0 unspecified atom stereocenters. The van der Waals surface area contributed by atoms with Gasteiger partial charge in [0, 0.05) is 17.2 Å². The van der Waals surface area contributed by atoms with Gasteiger partial charge in [0.1, 0.15) is 11.5 Å². The van der Waals surface area contributed by atoms with Crippen LogP contribution in [0.3, 0.4) is 0 Å². The van der Waals surface area contributed by atoms with E-state index in [9.17, 15) is 14.7 Å². The molecular weight excluding hydrogens is 498 g/mol. The predicted molar refractivity (Wildman–Crippen MR) is 173 cm³/mol. The number of phenols is 1. The number of ether oxygens (including phenoxy) is 1. The first kappa shape index (κ1) is 39.3. The number of unbranched alkanes of at least 4 members (excludes halogenated alkanes) is 7. The summed E-state index contributed by atoms with van der Waals surface area (Å²) < 4.78 is 5.75. The third-order valence-corrected chi connectivity index (χ3v) is 5.43. The van der Waals surface area contributed by atoms with Gasteiger partial charge in [-0.15, -0.1) is 0 Å². The summed E-state index contributed by atoms with van der Waals surface area (Å²) in [4.78, 5) is 25.7. The maximum atomic E-state index is 12.9. The fourth-order valence-corrected chi connectivity index (χ4v) is 3.81. The van der Waals surface area contributed by atoms with E-state index in [0.29, 0.717) is 12.2 Å². The molecule has 40 heavy (non-hydrogen) atoms. The number of aromatic hydroxyl groups is 1. The van der Waals surface area contributed by atoms with Crippen LogP contribution in [-0.2, 0) is 0 Å². The average molecular weight is 558 g/mol. The summed E-state index contributed by atoms with van der Waals surface area (Å²) in [6.07, 6.45) is 13.2. The molecule has 0 amide bonds. The molecule has 228 valence electrons. The first-order chi connectivity index (χ1) is 19.3. The molecule has 3 N–H and O–H groups in total. The number of rotatable bonds is 10. The van der Waals surface area contributed by atoms with Crippen LogP contribution >= 0.6 is 0 Å². The number of carbonyl (C=O) groups excluding carboxylic acids is 2. The van der Waals surface area contributed by atoms with Crippen LogP contribution in [0.1, 0.15) is 165 Å². The highest BCUT2D eigenvalue weighted by Gasteiger charge is 2.35. The van der Waals surface area contributed by atoms with Crippen LogP contribution in [0.5, 0.6) is 11.5 Å². The van der Waals surface area contributed by atoms with Crippen molar-refractivity contribution in [2.75, 3.05) is 12.3 Å². The topological polar surface area (TPSA) is 89.6 Å². The molecule has 0 bridgehead atoms. The number of benzene rings is 2. The van der Waals surface area contributed by atoms with Crippen LogP contribution < -0.4 is 10.5 Å². The molecule has 0 heterocycles. The minimum absolute atomic E-state index is 0.0365. The van der Waals surface area contributed by atoms with Crippen molar-refractivity contribution in [2.24, 2.45) is 0 Å². The van der Waals surface area contributed by atoms with Crippen LogP contribution in [0.4, 0.5) is 5.69 Å². The number of carbonyl (C=O) groups is 2. The van der Waals surface area contributed by atoms with E-state index in [-0.39, 0.29) is 39.7 Å². The number of hydrogen-bond donors (Lipinski definition) is 2. The maximum absolute atomic E-state index is 12.9. The van der Waals surface area contributed by atoms with Crippen LogP contribution in [0.15, 0.2) is 30.3 Å². The van der Waals surface area contributed by atoms with Crippen LogP contribution in [0, 0.1) is 0 Å². The van der Waals surface area contributed by atoms with Gasteiger partial charge >= 0.3 is 0 Å². The van der Waals surface area contributed by atoms with E-state index >= 15 is 0 Å². The molecule has 0 spiro atoms. The van der Waals surface area contributed by atoms with Gasteiger partial charge in [0.15, 0.2) is 11.6 Å². The molecule has 0 fully saturated rings. The lowest BCUT2D eigenvalue weighted by Crippen LogP contribution is -2.23. The summed E-state index contributed by atoms with van der Waals surface area (Å²) in [7, 11) is 0.